The number of rotatable bonds is 1. The molecule has 2 fully saturated rings. The summed E-state index contributed by atoms with van der Waals surface area (Å²) >= 11 is 0. The number of alkyl halides is 2. The topological polar surface area (TPSA) is 32.3 Å². The highest BCUT2D eigenvalue weighted by molar-refractivity contribution is 5.82. The van der Waals surface area contributed by atoms with E-state index in [1.165, 1.54) is 4.90 Å². The predicted octanol–water partition coefficient (Wildman–Crippen LogP) is 1.39. The van der Waals surface area contributed by atoms with Crippen LogP contribution in [0.15, 0.2) is 0 Å². The van der Waals surface area contributed by atoms with Crippen LogP contribution in [-0.2, 0) is 4.79 Å². The van der Waals surface area contributed by atoms with Gasteiger partial charge in [-0.15, -0.1) is 0 Å². The molecular weight excluding hydrogens is 214 g/mol. The fourth-order valence-electron chi connectivity index (χ4n) is 2.44. The molecule has 0 aromatic carbocycles. The van der Waals surface area contributed by atoms with Gasteiger partial charge in [0, 0.05) is 13.0 Å². The molecule has 16 heavy (non-hydrogen) atoms. The van der Waals surface area contributed by atoms with Crippen molar-refractivity contribution in [3.63, 3.8) is 0 Å². The van der Waals surface area contributed by atoms with Gasteiger partial charge in [0.05, 0.1) is 12.6 Å². The van der Waals surface area contributed by atoms with Crippen molar-refractivity contribution in [3.05, 3.63) is 0 Å². The summed E-state index contributed by atoms with van der Waals surface area (Å²) < 4.78 is 26.3. The minimum Gasteiger partial charge on any atom is -0.335 e. The van der Waals surface area contributed by atoms with Crippen molar-refractivity contribution >= 4 is 5.91 Å². The molecule has 92 valence electrons. The van der Waals surface area contributed by atoms with Gasteiger partial charge in [-0.2, -0.15) is 0 Å². The van der Waals surface area contributed by atoms with E-state index in [0.29, 0.717) is 13.0 Å². The van der Waals surface area contributed by atoms with E-state index in [1.54, 1.807) is 0 Å². The molecule has 1 unspecified atom stereocenters. The maximum absolute atomic E-state index is 13.2. The third-order valence-electron chi connectivity index (χ3n) is 3.31. The van der Waals surface area contributed by atoms with Gasteiger partial charge in [-0.3, -0.25) is 4.79 Å². The molecule has 2 aliphatic heterocycles. The van der Waals surface area contributed by atoms with Crippen LogP contribution < -0.4 is 5.32 Å². The molecular formula is C11H18F2N2O. The van der Waals surface area contributed by atoms with E-state index in [2.05, 4.69) is 5.32 Å². The van der Waals surface area contributed by atoms with Crippen LogP contribution in [0.2, 0.25) is 0 Å². The lowest BCUT2D eigenvalue weighted by Gasteiger charge is -2.35. The molecule has 0 radical (unpaired) electrons. The van der Waals surface area contributed by atoms with Crippen molar-refractivity contribution in [3.8, 4) is 0 Å². The van der Waals surface area contributed by atoms with Crippen molar-refractivity contribution in [2.24, 2.45) is 0 Å². The standard InChI is InChI=1S/C11H18F2N2O/c12-11(13)5-3-7-15(8-11)10(16)9-4-1-2-6-14-9/h9,14H,1-8H2. The summed E-state index contributed by atoms with van der Waals surface area (Å²) in [6.45, 7) is 0.900. The van der Waals surface area contributed by atoms with Crippen LogP contribution >= 0.6 is 0 Å². The Morgan fingerprint density at radius 2 is 2.12 bits per heavy atom. The molecule has 0 saturated carbocycles. The number of carbonyl (C=O) groups excluding carboxylic acids is 1. The van der Waals surface area contributed by atoms with Crippen molar-refractivity contribution in [1.29, 1.82) is 0 Å². The molecule has 0 aliphatic carbocycles. The second kappa shape index (κ2) is 4.65. The Labute approximate surface area is 94.2 Å². The van der Waals surface area contributed by atoms with Gasteiger partial charge in [-0.25, -0.2) is 8.78 Å². The van der Waals surface area contributed by atoms with Crippen molar-refractivity contribution in [2.75, 3.05) is 19.6 Å². The van der Waals surface area contributed by atoms with E-state index >= 15 is 0 Å². The highest BCUT2D eigenvalue weighted by atomic mass is 19.3. The Bertz CT molecular complexity index is 265. The molecule has 0 bridgehead atoms. The fraction of sp³-hybridized carbons (Fsp3) is 0.909. The summed E-state index contributed by atoms with van der Waals surface area (Å²) in [5.74, 6) is -2.83. The molecule has 0 aromatic rings. The summed E-state index contributed by atoms with van der Waals surface area (Å²) in [4.78, 5) is 13.3. The SMILES string of the molecule is O=C(C1CCCCN1)N1CCCC(F)(F)C1. The molecule has 3 nitrogen and oxygen atoms in total. The first-order valence-corrected chi connectivity index (χ1v) is 5.98. The summed E-state index contributed by atoms with van der Waals surface area (Å²) in [6.07, 6.45) is 3.18. The van der Waals surface area contributed by atoms with Crippen molar-refractivity contribution < 1.29 is 13.6 Å². The number of hydrogen-bond donors (Lipinski definition) is 1. The maximum atomic E-state index is 13.2. The largest absolute Gasteiger partial charge is 0.335 e. The zero-order chi connectivity index (χ0) is 11.6. The molecule has 1 N–H and O–H groups in total. The average molecular weight is 232 g/mol. The molecule has 0 aromatic heterocycles. The van der Waals surface area contributed by atoms with E-state index in [1.807, 2.05) is 0 Å². The van der Waals surface area contributed by atoms with Crippen LogP contribution in [-0.4, -0.2) is 42.4 Å². The normalized spacial score (nSPS) is 30.1. The van der Waals surface area contributed by atoms with Gasteiger partial charge in [0.25, 0.3) is 5.92 Å². The van der Waals surface area contributed by atoms with Gasteiger partial charge in [-0.1, -0.05) is 6.42 Å². The van der Waals surface area contributed by atoms with Gasteiger partial charge >= 0.3 is 0 Å². The van der Waals surface area contributed by atoms with Gasteiger partial charge in [-0.05, 0) is 25.8 Å². The third-order valence-corrected chi connectivity index (χ3v) is 3.31. The Balaban J connectivity index is 1.93. The second-order valence-electron chi connectivity index (χ2n) is 4.72. The number of piperidine rings is 2. The fourth-order valence-corrected chi connectivity index (χ4v) is 2.44. The number of amides is 1. The smallest absolute Gasteiger partial charge is 0.265 e. The number of halogens is 2. The summed E-state index contributed by atoms with van der Waals surface area (Å²) in [6, 6.07) is -0.234. The molecule has 2 aliphatic rings. The molecule has 5 heteroatoms. The Kier molecular flexibility index (Phi) is 3.42. The zero-order valence-corrected chi connectivity index (χ0v) is 9.35. The molecule has 0 spiro atoms. The molecule has 2 saturated heterocycles. The summed E-state index contributed by atoms with van der Waals surface area (Å²) in [5, 5.41) is 3.11. The summed E-state index contributed by atoms with van der Waals surface area (Å²) in [7, 11) is 0. The molecule has 2 heterocycles. The molecule has 1 amide bonds. The first-order valence-electron chi connectivity index (χ1n) is 5.98. The number of nitrogens with one attached hydrogen (secondary N) is 1. The quantitative estimate of drug-likeness (QED) is 0.741. The lowest BCUT2D eigenvalue weighted by atomic mass is 10.0. The molecule has 1 atom stereocenters. The van der Waals surface area contributed by atoms with Gasteiger partial charge in [0.15, 0.2) is 0 Å². The number of hydrogen-bond acceptors (Lipinski definition) is 2. The van der Waals surface area contributed by atoms with Crippen LogP contribution in [0.25, 0.3) is 0 Å². The van der Waals surface area contributed by atoms with Crippen molar-refractivity contribution in [1.82, 2.24) is 10.2 Å². The van der Waals surface area contributed by atoms with Gasteiger partial charge in [0.2, 0.25) is 5.91 Å². The zero-order valence-electron chi connectivity index (χ0n) is 9.35. The first kappa shape index (κ1) is 11.8. The minimum atomic E-state index is -2.69. The predicted molar refractivity (Wildman–Crippen MR) is 56.4 cm³/mol. The average Bonchev–Trinajstić information content (AvgIpc) is 2.28. The highest BCUT2D eigenvalue weighted by Gasteiger charge is 2.38. The third kappa shape index (κ3) is 2.70. The monoisotopic (exact) mass is 232 g/mol. The van der Waals surface area contributed by atoms with Crippen LogP contribution in [0.5, 0.6) is 0 Å². The van der Waals surface area contributed by atoms with E-state index in [0.717, 1.165) is 25.8 Å². The maximum Gasteiger partial charge on any atom is 0.265 e. The minimum absolute atomic E-state index is 0.0884. The Morgan fingerprint density at radius 1 is 1.31 bits per heavy atom. The van der Waals surface area contributed by atoms with E-state index < -0.39 is 12.5 Å². The number of carbonyl (C=O) groups is 1. The lowest BCUT2D eigenvalue weighted by Crippen LogP contribution is -2.53. The van der Waals surface area contributed by atoms with Crippen molar-refractivity contribution in [2.45, 2.75) is 44.1 Å². The lowest BCUT2D eigenvalue weighted by molar-refractivity contribution is -0.144. The number of likely N-dealkylation sites (tertiary alicyclic amines) is 1. The molecule has 2 rings (SSSR count). The van der Waals surface area contributed by atoms with E-state index in [4.69, 9.17) is 0 Å². The highest BCUT2D eigenvalue weighted by Crippen LogP contribution is 2.27. The Hall–Kier alpha value is -0.710. The van der Waals surface area contributed by atoms with Crippen LogP contribution in [0, 0.1) is 0 Å². The Morgan fingerprint density at radius 3 is 2.75 bits per heavy atom. The summed E-state index contributed by atoms with van der Waals surface area (Å²) in [5.41, 5.74) is 0. The second-order valence-corrected chi connectivity index (χ2v) is 4.72. The number of nitrogens with zero attached hydrogens (tertiary/aromatic N) is 1. The van der Waals surface area contributed by atoms with E-state index in [-0.39, 0.29) is 18.4 Å². The first-order chi connectivity index (χ1) is 7.58. The van der Waals surface area contributed by atoms with Crippen LogP contribution in [0.3, 0.4) is 0 Å². The van der Waals surface area contributed by atoms with Gasteiger partial charge < -0.3 is 10.2 Å². The van der Waals surface area contributed by atoms with Crippen LogP contribution in [0.4, 0.5) is 8.78 Å². The van der Waals surface area contributed by atoms with Crippen LogP contribution in [0.1, 0.15) is 32.1 Å². The van der Waals surface area contributed by atoms with E-state index in [9.17, 15) is 13.6 Å². The van der Waals surface area contributed by atoms with Gasteiger partial charge in [0.1, 0.15) is 0 Å².